The fourth-order valence-corrected chi connectivity index (χ4v) is 0.936. The lowest BCUT2D eigenvalue weighted by atomic mass is 9.92. The molecule has 0 saturated carbocycles. The fourth-order valence-electron chi connectivity index (χ4n) is 0.936. The quantitative estimate of drug-likeness (QED) is 0.609. The summed E-state index contributed by atoms with van der Waals surface area (Å²) < 4.78 is 0. The zero-order valence-electron chi connectivity index (χ0n) is 6.50. The number of allylic oxidation sites excluding steroid dienone is 1. The first-order chi connectivity index (χ1) is 4.63. The van der Waals surface area contributed by atoms with E-state index in [-0.39, 0.29) is 11.8 Å². The molecular weight excluding hydrogens is 128 g/mol. The molecule has 10 heavy (non-hydrogen) atoms. The molecule has 0 aromatic carbocycles. The number of hydrogen-bond donors (Lipinski definition) is 1. The van der Waals surface area contributed by atoms with Gasteiger partial charge in [0.1, 0.15) is 0 Å². The Kier molecular flexibility index (Phi) is 3.77. The van der Waals surface area contributed by atoms with Crippen LogP contribution in [0.1, 0.15) is 20.3 Å². The lowest BCUT2D eigenvalue weighted by Gasteiger charge is -2.13. The van der Waals surface area contributed by atoms with Gasteiger partial charge in [0, 0.05) is 0 Å². The molecule has 0 spiro atoms. The SMILES string of the molecule is C=C[C@H](C)[C@@H](CC)C(=O)O. The summed E-state index contributed by atoms with van der Waals surface area (Å²) in [5, 5.41) is 8.63. The van der Waals surface area contributed by atoms with Crippen LogP contribution < -0.4 is 0 Å². The Morgan fingerprint density at radius 2 is 2.30 bits per heavy atom. The van der Waals surface area contributed by atoms with E-state index in [1.165, 1.54) is 0 Å². The van der Waals surface area contributed by atoms with Crippen molar-refractivity contribution >= 4 is 5.97 Å². The van der Waals surface area contributed by atoms with Gasteiger partial charge in [0.25, 0.3) is 0 Å². The minimum Gasteiger partial charge on any atom is -0.481 e. The molecule has 0 aliphatic carbocycles. The summed E-state index contributed by atoms with van der Waals surface area (Å²) in [6, 6.07) is 0. The first-order valence-corrected chi connectivity index (χ1v) is 3.48. The van der Waals surface area contributed by atoms with E-state index in [0.717, 1.165) is 0 Å². The number of carbonyl (C=O) groups is 1. The van der Waals surface area contributed by atoms with E-state index < -0.39 is 5.97 Å². The molecule has 0 aliphatic rings. The molecule has 0 bridgehead atoms. The van der Waals surface area contributed by atoms with Crippen LogP contribution in [0.25, 0.3) is 0 Å². The van der Waals surface area contributed by atoms with Gasteiger partial charge < -0.3 is 5.11 Å². The maximum atomic E-state index is 10.5. The van der Waals surface area contributed by atoms with Crippen molar-refractivity contribution in [3.8, 4) is 0 Å². The van der Waals surface area contributed by atoms with Crippen LogP contribution in [0, 0.1) is 11.8 Å². The van der Waals surface area contributed by atoms with Crippen molar-refractivity contribution in [3.05, 3.63) is 12.7 Å². The lowest BCUT2D eigenvalue weighted by molar-refractivity contribution is -0.142. The Morgan fingerprint density at radius 1 is 1.80 bits per heavy atom. The van der Waals surface area contributed by atoms with Crippen molar-refractivity contribution < 1.29 is 9.90 Å². The first-order valence-electron chi connectivity index (χ1n) is 3.48. The summed E-state index contributed by atoms with van der Waals surface area (Å²) in [6.07, 6.45) is 2.35. The predicted molar refractivity (Wildman–Crippen MR) is 40.8 cm³/mol. The van der Waals surface area contributed by atoms with Crippen LogP contribution in [0.3, 0.4) is 0 Å². The standard InChI is InChI=1S/C8H14O2/c1-4-6(3)7(5-2)8(9)10/h4,6-7H,1,5H2,2-3H3,(H,9,10)/t6-,7+/m0/s1. The summed E-state index contributed by atoms with van der Waals surface area (Å²) in [5.41, 5.74) is 0. The molecule has 2 heteroatoms. The van der Waals surface area contributed by atoms with Crippen LogP contribution in [0.2, 0.25) is 0 Å². The highest BCUT2D eigenvalue weighted by molar-refractivity contribution is 5.70. The second-order valence-corrected chi connectivity index (χ2v) is 2.45. The molecule has 0 unspecified atom stereocenters. The van der Waals surface area contributed by atoms with Gasteiger partial charge in [-0.3, -0.25) is 4.79 Å². The number of hydrogen-bond acceptors (Lipinski definition) is 1. The smallest absolute Gasteiger partial charge is 0.307 e. The van der Waals surface area contributed by atoms with Crippen molar-refractivity contribution in [2.45, 2.75) is 20.3 Å². The number of carboxylic acids is 1. The Labute approximate surface area is 61.6 Å². The van der Waals surface area contributed by atoms with Gasteiger partial charge in [0.2, 0.25) is 0 Å². The largest absolute Gasteiger partial charge is 0.481 e. The summed E-state index contributed by atoms with van der Waals surface area (Å²) in [5.74, 6) is -0.921. The van der Waals surface area contributed by atoms with Crippen LogP contribution in [-0.2, 0) is 4.79 Å². The predicted octanol–water partition coefficient (Wildman–Crippen LogP) is 1.92. The van der Waals surface area contributed by atoms with E-state index in [4.69, 9.17) is 5.11 Å². The van der Waals surface area contributed by atoms with Gasteiger partial charge in [0.15, 0.2) is 0 Å². The van der Waals surface area contributed by atoms with E-state index in [9.17, 15) is 4.79 Å². The van der Waals surface area contributed by atoms with Crippen LogP contribution in [0.15, 0.2) is 12.7 Å². The van der Waals surface area contributed by atoms with Crippen LogP contribution in [-0.4, -0.2) is 11.1 Å². The van der Waals surface area contributed by atoms with E-state index in [1.54, 1.807) is 6.08 Å². The highest BCUT2D eigenvalue weighted by Gasteiger charge is 2.19. The van der Waals surface area contributed by atoms with Gasteiger partial charge in [-0.2, -0.15) is 0 Å². The molecule has 58 valence electrons. The minimum absolute atomic E-state index is 0.0718. The highest BCUT2D eigenvalue weighted by atomic mass is 16.4. The van der Waals surface area contributed by atoms with Crippen molar-refractivity contribution in [3.63, 3.8) is 0 Å². The molecular formula is C8H14O2. The van der Waals surface area contributed by atoms with Gasteiger partial charge in [-0.05, 0) is 12.3 Å². The average molecular weight is 142 g/mol. The topological polar surface area (TPSA) is 37.3 Å². The van der Waals surface area contributed by atoms with Crippen LogP contribution >= 0.6 is 0 Å². The second kappa shape index (κ2) is 4.09. The molecule has 0 rings (SSSR count). The molecule has 0 aromatic rings. The van der Waals surface area contributed by atoms with Crippen molar-refractivity contribution in [1.82, 2.24) is 0 Å². The van der Waals surface area contributed by atoms with E-state index in [2.05, 4.69) is 6.58 Å². The van der Waals surface area contributed by atoms with E-state index in [1.807, 2.05) is 13.8 Å². The maximum absolute atomic E-state index is 10.5. The molecule has 2 atom stereocenters. The number of rotatable bonds is 4. The van der Waals surface area contributed by atoms with Crippen molar-refractivity contribution in [2.75, 3.05) is 0 Å². The Hall–Kier alpha value is -0.790. The monoisotopic (exact) mass is 142 g/mol. The number of aliphatic carboxylic acids is 1. The zero-order valence-corrected chi connectivity index (χ0v) is 6.50. The zero-order chi connectivity index (χ0) is 8.15. The summed E-state index contributed by atoms with van der Waals surface area (Å²) in [7, 11) is 0. The molecule has 2 nitrogen and oxygen atoms in total. The van der Waals surface area contributed by atoms with Crippen molar-refractivity contribution in [2.24, 2.45) is 11.8 Å². The van der Waals surface area contributed by atoms with Crippen LogP contribution in [0.4, 0.5) is 0 Å². The van der Waals surface area contributed by atoms with Crippen molar-refractivity contribution in [1.29, 1.82) is 0 Å². The number of carboxylic acid groups (broad SMARTS) is 1. The molecule has 0 heterocycles. The average Bonchev–Trinajstić information content (AvgIpc) is 1.88. The Morgan fingerprint density at radius 3 is 2.40 bits per heavy atom. The van der Waals surface area contributed by atoms with Gasteiger partial charge in [-0.1, -0.05) is 19.9 Å². The third-order valence-electron chi connectivity index (χ3n) is 1.76. The normalized spacial score (nSPS) is 15.8. The van der Waals surface area contributed by atoms with Gasteiger partial charge in [-0.25, -0.2) is 0 Å². The Balaban J connectivity index is 4.05. The fraction of sp³-hybridized carbons (Fsp3) is 0.625. The maximum Gasteiger partial charge on any atom is 0.307 e. The summed E-state index contributed by atoms with van der Waals surface area (Å²) >= 11 is 0. The summed E-state index contributed by atoms with van der Waals surface area (Å²) in [4.78, 5) is 10.5. The lowest BCUT2D eigenvalue weighted by Crippen LogP contribution is -2.18. The molecule has 0 aliphatic heterocycles. The molecule has 0 aromatic heterocycles. The molecule has 1 N–H and O–H groups in total. The van der Waals surface area contributed by atoms with Gasteiger partial charge >= 0.3 is 5.97 Å². The third kappa shape index (κ3) is 2.21. The van der Waals surface area contributed by atoms with E-state index in [0.29, 0.717) is 6.42 Å². The summed E-state index contributed by atoms with van der Waals surface area (Å²) in [6.45, 7) is 7.29. The molecule has 0 radical (unpaired) electrons. The van der Waals surface area contributed by atoms with E-state index >= 15 is 0 Å². The minimum atomic E-state index is -0.727. The van der Waals surface area contributed by atoms with Gasteiger partial charge in [-0.15, -0.1) is 6.58 Å². The third-order valence-corrected chi connectivity index (χ3v) is 1.76. The molecule has 0 fully saturated rings. The second-order valence-electron chi connectivity index (χ2n) is 2.45. The van der Waals surface area contributed by atoms with Gasteiger partial charge in [0.05, 0.1) is 5.92 Å². The Bertz CT molecular complexity index is 129. The molecule has 0 amide bonds. The highest BCUT2D eigenvalue weighted by Crippen LogP contribution is 2.15. The molecule has 0 saturated heterocycles. The first kappa shape index (κ1) is 9.21. The van der Waals surface area contributed by atoms with Crippen LogP contribution in [0.5, 0.6) is 0 Å².